The average Bonchev–Trinajstić information content (AvgIpc) is 2.73. The van der Waals surface area contributed by atoms with E-state index < -0.39 is 22.6 Å². The van der Waals surface area contributed by atoms with Gasteiger partial charge in [0.2, 0.25) is 0 Å². The molecule has 2 aromatic carbocycles. The van der Waals surface area contributed by atoms with Crippen LogP contribution in [-0.4, -0.2) is 82.1 Å². The molecule has 0 saturated carbocycles. The fraction of sp³-hybridized carbons (Fsp3) is 0.538. The van der Waals surface area contributed by atoms with Gasteiger partial charge in [0, 0.05) is 60.5 Å². The Bertz CT molecular complexity index is 1180. The van der Waals surface area contributed by atoms with E-state index in [1.807, 2.05) is 0 Å². The molecule has 0 spiro atoms. The van der Waals surface area contributed by atoms with E-state index in [9.17, 15) is 30.6 Å². The molecule has 2 aliphatic rings. The third-order valence-electron chi connectivity index (χ3n) is 6.59. The first-order valence-corrected chi connectivity index (χ1v) is 13.6. The van der Waals surface area contributed by atoms with E-state index >= 15 is 0 Å². The lowest BCUT2D eigenvalue weighted by atomic mass is 9.92. The van der Waals surface area contributed by atoms with Crippen molar-refractivity contribution in [3.8, 4) is 23.0 Å². The van der Waals surface area contributed by atoms with Gasteiger partial charge in [-0.25, -0.2) is 0 Å². The van der Waals surface area contributed by atoms with Crippen LogP contribution in [0, 0.1) is 0 Å². The number of β-amino-alcohol motifs (C(OH)–C–C–N with tert-alkyl or cyclic N) is 2. The number of benzene rings is 2. The molecule has 0 radical (unpaired) electrons. The van der Waals surface area contributed by atoms with Crippen LogP contribution in [0.5, 0.6) is 23.0 Å². The van der Waals surface area contributed by atoms with Crippen molar-refractivity contribution in [2.45, 2.75) is 77.9 Å². The first kappa shape index (κ1) is 32.6. The Balaban J connectivity index is 0.000000234. The fourth-order valence-electron chi connectivity index (χ4n) is 4.41. The van der Waals surface area contributed by atoms with E-state index in [1.54, 1.807) is 0 Å². The number of phenols is 4. The highest BCUT2D eigenvalue weighted by Gasteiger charge is 2.33. The van der Waals surface area contributed by atoms with Crippen LogP contribution in [0.2, 0.25) is 0 Å². The second kappa shape index (κ2) is 11.8. The van der Waals surface area contributed by atoms with Crippen LogP contribution in [-0.2, 0) is 23.5 Å². The van der Waals surface area contributed by atoms with Crippen LogP contribution >= 0.6 is 0 Å². The zero-order valence-corrected chi connectivity index (χ0v) is 23.8. The maximum absolute atomic E-state index is 10.1. The molecule has 0 aliphatic carbocycles. The van der Waals surface area contributed by atoms with Crippen molar-refractivity contribution in [1.29, 1.82) is 0 Å². The average molecular weight is 573 g/mol. The van der Waals surface area contributed by atoms with E-state index in [-0.39, 0.29) is 34.1 Å². The number of hydrogen-bond donors (Lipinski definition) is 8. The summed E-state index contributed by atoms with van der Waals surface area (Å²) in [5.41, 5.74) is 2.53. The normalized spacial score (nSPS) is 20.1. The Morgan fingerprint density at radius 1 is 0.667 bits per heavy atom. The Labute approximate surface area is 229 Å². The van der Waals surface area contributed by atoms with Gasteiger partial charge in [0.25, 0.3) is 0 Å². The summed E-state index contributed by atoms with van der Waals surface area (Å²) >= 11 is 0. The Hall–Kier alpha value is -2.65. The molecular formula is C26H40N2O10S. The Morgan fingerprint density at radius 2 is 0.949 bits per heavy atom. The van der Waals surface area contributed by atoms with Gasteiger partial charge < -0.3 is 30.6 Å². The van der Waals surface area contributed by atoms with E-state index in [0.29, 0.717) is 48.4 Å². The highest BCUT2D eigenvalue weighted by Crippen LogP contribution is 2.39. The van der Waals surface area contributed by atoms with Crippen molar-refractivity contribution in [3.05, 3.63) is 46.5 Å². The minimum Gasteiger partial charge on any atom is -0.508 e. The van der Waals surface area contributed by atoms with Crippen LogP contribution in [0.25, 0.3) is 0 Å². The summed E-state index contributed by atoms with van der Waals surface area (Å²) in [4.78, 5) is 4.22. The smallest absolute Gasteiger partial charge is 0.394 e. The van der Waals surface area contributed by atoms with Gasteiger partial charge in [-0.15, -0.1) is 0 Å². The lowest BCUT2D eigenvalue weighted by molar-refractivity contribution is 0.0363. The van der Waals surface area contributed by atoms with Gasteiger partial charge >= 0.3 is 10.4 Å². The number of hydrogen-bond acceptors (Lipinski definition) is 10. The van der Waals surface area contributed by atoms with Crippen molar-refractivity contribution < 1.29 is 48.2 Å². The summed E-state index contributed by atoms with van der Waals surface area (Å²) in [5, 5.41) is 58.7. The number of aromatic hydroxyl groups is 4. The third kappa shape index (κ3) is 9.21. The zero-order chi connectivity index (χ0) is 30.1. The van der Waals surface area contributed by atoms with E-state index in [1.165, 1.54) is 24.3 Å². The Morgan fingerprint density at radius 3 is 1.21 bits per heavy atom. The highest BCUT2D eigenvalue weighted by atomic mass is 32.3. The molecule has 0 saturated heterocycles. The molecule has 4 rings (SSSR count). The summed E-state index contributed by atoms with van der Waals surface area (Å²) in [6, 6.07) is 5.69. The van der Waals surface area contributed by atoms with Gasteiger partial charge in [-0.05, 0) is 64.8 Å². The maximum atomic E-state index is 10.1. The third-order valence-corrected chi connectivity index (χ3v) is 6.59. The molecule has 8 N–H and O–H groups in total. The number of aliphatic hydroxyl groups is 2. The first-order valence-electron chi connectivity index (χ1n) is 12.2. The molecule has 2 aromatic rings. The Kier molecular flexibility index (Phi) is 9.89. The molecule has 0 aromatic heterocycles. The van der Waals surface area contributed by atoms with Gasteiger partial charge in [-0.3, -0.25) is 18.9 Å². The number of rotatable bonds is 0. The second-order valence-electron chi connectivity index (χ2n) is 11.6. The number of phenolic OH excluding ortho intramolecular Hbond substituents is 4. The summed E-state index contributed by atoms with van der Waals surface area (Å²) in [6.45, 7) is 14.6. The molecule has 0 fully saturated rings. The lowest BCUT2D eigenvalue weighted by Gasteiger charge is -2.41. The van der Waals surface area contributed by atoms with Gasteiger partial charge in [0.1, 0.15) is 23.0 Å². The highest BCUT2D eigenvalue weighted by molar-refractivity contribution is 7.79. The van der Waals surface area contributed by atoms with Crippen molar-refractivity contribution in [2.24, 2.45) is 0 Å². The molecule has 2 unspecified atom stereocenters. The largest absolute Gasteiger partial charge is 0.508 e. The predicted octanol–water partition coefficient (Wildman–Crippen LogP) is 2.84. The zero-order valence-electron chi connectivity index (χ0n) is 23.0. The van der Waals surface area contributed by atoms with E-state index in [0.717, 1.165) is 0 Å². The van der Waals surface area contributed by atoms with Crippen LogP contribution in [0.3, 0.4) is 0 Å². The molecule has 39 heavy (non-hydrogen) atoms. The molecule has 220 valence electrons. The number of nitrogens with zero attached hydrogens (tertiary/aromatic N) is 2. The van der Waals surface area contributed by atoms with Crippen LogP contribution in [0.4, 0.5) is 0 Å². The van der Waals surface area contributed by atoms with Crippen molar-refractivity contribution >= 4 is 10.4 Å². The molecule has 2 atom stereocenters. The minimum absolute atomic E-state index is 0.00971. The molecular weight excluding hydrogens is 532 g/mol. The fourth-order valence-corrected chi connectivity index (χ4v) is 4.41. The number of aliphatic hydroxyl groups excluding tert-OH is 2. The SMILES string of the molecule is CC(C)(C)N1Cc2c(O)cc(O)cc2C(O)C1.CC(C)(C)N1Cc2c(O)cc(O)cc2C(O)C1.O=S(=O)(O)O. The first-order chi connectivity index (χ1) is 17.6. The van der Waals surface area contributed by atoms with Crippen LogP contribution in [0.15, 0.2) is 24.3 Å². The van der Waals surface area contributed by atoms with Gasteiger partial charge in [0.15, 0.2) is 0 Å². The standard InChI is InChI=1S/2C13H19NO3.H2O4S/c2*1-13(2,3)14-6-10-9(12(17)7-14)4-8(15)5-11(10)16;1-5(2,3)4/h2*4-5,12,15-17H,6-7H2,1-3H3;(H2,1,2,3,4). The molecule has 2 aliphatic heterocycles. The van der Waals surface area contributed by atoms with Crippen LogP contribution < -0.4 is 0 Å². The van der Waals surface area contributed by atoms with Crippen molar-refractivity contribution in [2.75, 3.05) is 13.1 Å². The monoisotopic (exact) mass is 572 g/mol. The molecule has 0 amide bonds. The summed E-state index contributed by atoms with van der Waals surface area (Å²) in [5.74, 6) is 0.0787. The molecule has 2 heterocycles. The van der Waals surface area contributed by atoms with E-state index in [4.69, 9.17) is 17.5 Å². The van der Waals surface area contributed by atoms with Gasteiger partial charge in [-0.1, -0.05) is 0 Å². The van der Waals surface area contributed by atoms with Crippen molar-refractivity contribution in [1.82, 2.24) is 9.80 Å². The summed E-state index contributed by atoms with van der Waals surface area (Å²) in [6.07, 6.45) is -1.34. The van der Waals surface area contributed by atoms with Gasteiger partial charge in [0.05, 0.1) is 12.2 Å². The van der Waals surface area contributed by atoms with Crippen LogP contribution in [0.1, 0.15) is 76.0 Å². The molecule has 0 bridgehead atoms. The molecule has 12 nitrogen and oxygen atoms in total. The molecule has 13 heteroatoms. The van der Waals surface area contributed by atoms with E-state index in [2.05, 4.69) is 51.3 Å². The van der Waals surface area contributed by atoms with Crippen molar-refractivity contribution in [3.63, 3.8) is 0 Å². The summed E-state index contributed by atoms with van der Waals surface area (Å²) in [7, 11) is -4.67. The van der Waals surface area contributed by atoms with Gasteiger partial charge in [-0.2, -0.15) is 8.42 Å². The topological polar surface area (TPSA) is 202 Å². The summed E-state index contributed by atoms with van der Waals surface area (Å²) < 4.78 is 31.6. The second-order valence-corrected chi connectivity index (χ2v) is 12.5. The lowest BCUT2D eigenvalue weighted by Crippen LogP contribution is -2.45. The quantitative estimate of drug-likeness (QED) is 0.215. The number of fused-ring (bicyclic) bond motifs is 2. The maximum Gasteiger partial charge on any atom is 0.394 e. The minimum atomic E-state index is -4.67. The predicted molar refractivity (Wildman–Crippen MR) is 144 cm³/mol.